The van der Waals surface area contributed by atoms with Crippen LogP contribution in [0.25, 0.3) is 44.0 Å². The molecule has 0 unspecified atom stereocenters. The summed E-state index contributed by atoms with van der Waals surface area (Å²) in [5.41, 5.74) is 4.43. The van der Waals surface area contributed by atoms with Crippen molar-refractivity contribution in [2.24, 2.45) is 5.92 Å². The zero-order valence-corrected chi connectivity index (χ0v) is 30.7. The lowest BCUT2D eigenvalue weighted by atomic mass is 9.85. The van der Waals surface area contributed by atoms with Gasteiger partial charge in [0.15, 0.2) is 11.2 Å². The van der Waals surface area contributed by atoms with E-state index < -0.39 is 5.63 Å². The maximum atomic E-state index is 13.1. The van der Waals surface area contributed by atoms with Gasteiger partial charge in [-0.1, -0.05) is 55.0 Å². The van der Waals surface area contributed by atoms with Gasteiger partial charge in [0.05, 0.1) is 5.69 Å². The van der Waals surface area contributed by atoms with E-state index in [-0.39, 0.29) is 23.0 Å². The number of amides is 2. The Labute approximate surface area is 312 Å². The number of nitrogens with one attached hydrogen (secondary N) is 2. The highest BCUT2D eigenvalue weighted by Crippen LogP contribution is 2.34. The number of benzene rings is 4. The first kappa shape index (κ1) is 35.8. The minimum absolute atomic E-state index is 0.236. The highest BCUT2D eigenvalue weighted by atomic mass is 16.4. The van der Waals surface area contributed by atoms with Gasteiger partial charge in [0.1, 0.15) is 5.52 Å². The number of nitrogens with zero attached hydrogens (tertiary/aromatic N) is 5. The molecule has 4 aromatic carbocycles. The molecule has 1 aliphatic rings. The summed E-state index contributed by atoms with van der Waals surface area (Å²) >= 11 is 0. The molecular formula is C43H41N7O4. The van der Waals surface area contributed by atoms with Crippen LogP contribution < -0.4 is 26.1 Å². The second-order valence-corrected chi connectivity index (χ2v) is 13.7. The third-order valence-electron chi connectivity index (χ3n) is 9.68. The Balaban J connectivity index is 0.000000171. The first-order valence-corrected chi connectivity index (χ1v) is 17.9. The molecule has 11 nitrogen and oxygen atoms in total. The van der Waals surface area contributed by atoms with Gasteiger partial charge in [0, 0.05) is 80.4 Å². The third kappa shape index (κ3) is 7.34. The first-order valence-electron chi connectivity index (χ1n) is 17.9. The van der Waals surface area contributed by atoms with Crippen LogP contribution in [0.3, 0.4) is 0 Å². The second kappa shape index (κ2) is 15.5. The summed E-state index contributed by atoms with van der Waals surface area (Å²) in [6, 6.07) is 30.5. The van der Waals surface area contributed by atoms with Crippen LogP contribution in [-0.2, 0) is 0 Å². The van der Waals surface area contributed by atoms with Gasteiger partial charge in [-0.2, -0.15) is 0 Å². The topological polar surface area (TPSA) is 134 Å². The van der Waals surface area contributed by atoms with E-state index in [4.69, 9.17) is 4.42 Å². The molecule has 1 fully saturated rings. The molecule has 2 amide bonds. The Morgan fingerprint density at radius 3 is 2.04 bits per heavy atom. The Hall–Kier alpha value is -6.62. The maximum Gasteiger partial charge on any atom is 0.365 e. The van der Waals surface area contributed by atoms with E-state index in [2.05, 4.69) is 36.6 Å². The van der Waals surface area contributed by atoms with Gasteiger partial charge >= 0.3 is 5.63 Å². The number of rotatable bonds is 8. The molecule has 3 heterocycles. The normalized spacial score (nSPS) is 12.4. The fraction of sp³-hybridized carbons (Fsp3) is 0.209. The van der Waals surface area contributed by atoms with E-state index in [0.717, 1.165) is 51.3 Å². The first-order chi connectivity index (χ1) is 26.2. The number of aromatic nitrogens is 3. The lowest BCUT2D eigenvalue weighted by molar-refractivity contribution is 0.0935. The number of hydrogen-bond acceptors (Lipinski definition) is 9. The minimum atomic E-state index is -0.476. The number of anilines is 3. The van der Waals surface area contributed by atoms with E-state index in [1.165, 1.54) is 6.42 Å². The summed E-state index contributed by atoms with van der Waals surface area (Å²) in [6.07, 6.45) is 6.66. The van der Waals surface area contributed by atoms with Crippen molar-refractivity contribution in [3.05, 3.63) is 131 Å². The second-order valence-electron chi connectivity index (χ2n) is 13.7. The van der Waals surface area contributed by atoms with Gasteiger partial charge in [-0.05, 0) is 78.1 Å². The van der Waals surface area contributed by atoms with Crippen molar-refractivity contribution in [2.45, 2.75) is 19.3 Å². The van der Waals surface area contributed by atoms with Gasteiger partial charge in [0.2, 0.25) is 5.89 Å². The molecule has 0 saturated heterocycles. The molecule has 0 spiro atoms. The number of hydrogen-bond donors (Lipinski definition) is 2. The van der Waals surface area contributed by atoms with Gasteiger partial charge in [-0.25, -0.2) is 19.7 Å². The van der Waals surface area contributed by atoms with Crippen molar-refractivity contribution in [3.63, 3.8) is 0 Å². The molecule has 11 heteroatoms. The average Bonchev–Trinajstić information content (AvgIpc) is 3.16. The van der Waals surface area contributed by atoms with Crippen LogP contribution in [0.15, 0.2) is 119 Å². The van der Waals surface area contributed by atoms with Crippen LogP contribution in [0.4, 0.5) is 17.1 Å². The quantitative estimate of drug-likeness (QED) is 0.163. The van der Waals surface area contributed by atoms with E-state index in [0.29, 0.717) is 35.1 Å². The molecule has 0 bridgehead atoms. The Morgan fingerprint density at radius 2 is 1.35 bits per heavy atom. The van der Waals surface area contributed by atoms with Crippen molar-refractivity contribution < 1.29 is 14.0 Å². The Morgan fingerprint density at radius 1 is 0.722 bits per heavy atom. The fourth-order valence-electron chi connectivity index (χ4n) is 6.65. The van der Waals surface area contributed by atoms with E-state index in [1.54, 1.807) is 36.7 Å². The monoisotopic (exact) mass is 719 g/mol. The standard InChI is InChI=1S/C24H26N4O2.C19H15N3O2/c1-28(2)21-13-12-19(17-9-3-4-10-18(17)21)23(29)27-20-11-6-14-25-22(20)24(30)26-15-16-7-5-8-16;1-22(2)16-10-9-14(12-6-3-4-7-13(12)16)18-21-15-8-5-11-20-17(15)19(23)24-18/h3-4,6,9-14,16H,5,7-8,15H2,1-2H3,(H,26,30)(H,27,29);3-11H,1-2H3. The van der Waals surface area contributed by atoms with Crippen molar-refractivity contribution in [2.75, 3.05) is 49.9 Å². The third-order valence-corrected chi connectivity index (χ3v) is 9.68. The summed E-state index contributed by atoms with van der Waals surface area (Å²) in [5.74, 6) is 0.336. The molecule has 54 heavy (non-hydrogen) atoms. The largest absolute Gasteiger partial charge is 0.402 e. The summed E-state index contributed by atoms with van der Waals surface area (Å²) in [5, 5.41) is 9.76. The van der Waals surface area contributed by atoms with Gasteiger partial charge < -0.3 is 24.9 Å². The highest BCUT2D eigenvalue weighted by molar-refractivity contribution is 6.16. The lowest BCUT2D eigenvalue weighted by Gasteiger charge is -2.25. The van der Waals surface area contributed by atoms with Gasteiger partial charge in [-0.3, -0.25) is 9.59 Å². The molecule has 2 N–H and O–H groups in total. The maximum absolute atomic E-state index is 13.1. The van der Waals surface area contributed by atoms with Crippen molar-refractivity contribution in [1.29, 1.82) is 0 Å². The van der Waals surface area contributed by atoms with E-state index >= 15 is 0 Å². The number of carbonyl (C=O) groups excluding carboxylic acids is 2. The molecular weight excluding hydrogens is 679 g/mol. The van der Waals surface area contributed by atoms with Crippen molar-refractivity contribution in [3.8, 4) is 11.5 Å². The molecule has 0 aliphatic heterocycles. The summed E-state index contributed by atoms with van der Waals surface area (Å²) < 4.78 is 5.44. The predicted molar refractivity (Wildman–Crippen MR) is 215 cm³/mol. The fourth-order valence-corrected chi connectivity index (χ4v) is 6.65. The number of pyridine rings is 2. The molecule has 1 aliphatic carbocycles. The average molecular weight is 720 g/mol. The van der Waals surface area contributed by atoms with Crippen LogP contribution in [0.5, 0.6) is 0 Å². The van der Waals surface area contributed by atoms with Crippen LogP contribution in [0.1, 0.15) is 40.1 Å². The van der Waals surface area contributed by atoms with Crippen LogP contribution >= 0.6 is 0 Å². The summed E-state index contributed by atoms with van der Waals surface area (Å²) in [4.78, 5) is 54.8. The summed E-state index contributed by atoms with van der Waals surface area (Å²) in [7, 11) is 7.96. The Bertz CT molecular complexity index is 2560. The van der Waals surface area contributed by atoms with Crippen LogP contribution in [0, 0.1) is 5.92 Å². The Kier molecular flexibility index (Phi) is 10.3. The SMILES string of the molecule is CN(C)c1ccc(-c2nc3cccnc3c(=O)o2)c2ccccc12.CN(C)c1ccc(C(=O)Nc2cccnc2C(=O)NCC2CCC2)c2ccccc12. The zero-order chi connectivity index (χ0) is 37.8. The predicted octanol–water partition coefficient (Wildman–Crippen LogP) is 7.55. The van der Waals surface area contributed by atoms with Crippen molar-refractivity contribution >= 4 is 61.5 Å². The molecule has 0 atom stereocenters. The highest BCUT2D eigenvalue weighted by Gasteiger charge is 2.21. The van der Waals surface area contributed by atoms with Crippen molar-refractivity contribution in [1.82, 2.24) is 20.3 Å². The molecule has 7 aromatic rings. The van der Waals surface area contributed by atoms with Crippen LogP contribution in [-0.4, -0.2) is 61.5 Å². The zero-order valence-electron chi connectivity index (χ0n) is 30.7. The molecule has 0 radical (unpaired) electrons. The van der Waals surface area contributed by atoms with Crippen LogP contribution in [0.2, 0.25) is 0 Å². The molecule has 1 saturated carbocycles. The van der Waals surface area contributed by atoms with E-state index in [1.807, 2.05) is 99.8 Å². The molecule has 8 rings (SSSR count). The lowest BCUT2D eigenvalue weighted by Crippen LogP contribution is -2.33. The summed E-state index contributed by atoms with van der Waals surface area (Å²) in [6.45, 7) is 0.652. The van der Waals surface area contributed by atoms with E-state index in [9.17, 15) is 14.4 Å². The number of carbonyl (C=O) groups is 2. The van der Waals surface area contributed by atoms with Gasteiger partial charge in [-0.15, -0.1) is 0 Å². The minimum Gasteiger partial charge on any atom is -0.402 e. The number of fused-ring (bicyclic) bond motifs is 3. The smallest absolute Gasteiger partial charge is 0.365 e. The molecule has 3 aromatic heterocycles. The molecule has 272 valence electrons. The van der Waals surface area contributed by atoms with Gasteiger partial charge in [0.25, 0.3) is 11.8 Å².